The first-order chi connectivity index (χ1) is 8.14. The summed E-state index contributed by atoms with van der Waals surface area (Å²) in [6.07, 6.45) is 0. The summed E-state index contributed by atoms with van der Waals surface area (Å²) < 4.78 is 11.8. The summed E-state index contributed by atoms with van der Waals surface area (Å²) in [6, 6.07) is 3.44. The third kappa shape index (κ3) is 2.39. The van der Waals surface area contributed by atoms with Crippen LogP contribution >= 0.6 is 34.8 Å². The Kier molecular flexibility index (Phi) is 3.68. The van der Waals surface area contributed by atoms with Crippen LogP contribution in [0.5, 0.6) is 0 Å². The van der Waals surface area contributed by atoms with Gasteiger partial charge in [0.15, 0.2) is 0 Å². The summed E-state index contributed by atoms with van der Waals surface area (Å²) in [6.45, 7) is 7.97. The van der Waals surface area contributed by atoms with Crippen LogP contribution in [0.4, 0.5) is 0 Å². The van der Waals surface area contributed by atoms with Gasteiger partial charge in [-0.2, -0.15) is 0 Å². The maximum absolute atomic E-state index is 6.01. The fourth-order valence-electron chi connectivity index (χ4n) is 1.69. The van der Waals surface area contributed by atoms with Crippen molar-refractivity contribution in [2.75, 3.05) is 0 Å². The van der Waals surface area contributed by atoms with E-state index in [1.807, 2.05) is 27.7 Å². The minimum atomic E-state index is -0.484. The Morgan fingerprint density at radius 1 is 0.889 bits per heavy atom. The molecular formula is C12H14BCl3O2. The fourth-order valence-corrected chi connectivity index (χ4v) is 2.30. The smallest absolute Gasteiger partial charge is 0.399 e. The van der Waals surface area contributed by atoms with E-state index in [2.05, 4.69) is 0 Å². The SMILES string of the molecule is CC1(C)OB(c2cc(Cl)c(Cl)c(Cl)c2)OC1(C)C. The van der Waals surface area contributed by atoms with Crippen LogP contribution in [-0.4, -0.2) is 18.3 Å². The molecule has 0 atom stereocenters. The van der Waals surface area contributed by atoms with Crippen LogP contribution in [-0.2, 0) is 9.31 Å². The van der Waals surface area contributed by atoms with Gasteiger partial charge in [0.2, 0.25) is 0 Å². The van der Waals surface area contributed by atoms with Crippen molar-refractivity contribution in [1.29, 1.82) is 0 Å². The molecule has 0 aliphatic carbocycles. The van der Waals surface area contributed by atoms with Crippen LogP contribution in [0.3, 0.4) is 0 Å². The lowest BCUT2D eigenvalue weighted by Crippen LogP contribution is -2.41. The maximum atomic E-state index is 6.01. The molecule has 0 unspecified atom stereocenters. The molecule has 1 aromatic rings. The molecule has 1 fully saturated rings. The Morgan fingerprint density at radius 2 is 1.28 bits per heavy atom. The number of halogens is 3. The molecule has 0 bridgehead atoms. The molecule has 18 heavy (non-hydrogen) atoms. The van der Waals surface area contributed by atoms with E-state index in [1.54, 1.807) is 12.1 Å². The number of benzene rings is 1. The predicted octanol–water partition coefficient (Wildman–Crippen LogP) is 3.95. The zero-order valence-electron chi connectivity index (χ0n) is 10.7. The summed E-state index contributed by atoms with van der Waals surface area (Å²) >= 11 is 17.9. The molecule has 6 heteroatoms. The molecule has 0 amide bonds. The molecule has 0 saturated carbocycles. The minimum Gasteiger partial charge on any atom is -0.399 e. The predicted molar refractivity (Wildman–Crippen MR) is 77.2 cm³/mol. The lowest BCUT2D eigenvalue weighted by Gasteiger charge is -2.32. The van der Waals surface area contributed by atoms with E-state index in [-0.39, 0.29) is 0 Å². The molecule has 0 aromatic heterocycles. The van der Waals surface area contributed by atoms with E-state index in [1.165, 1.54) is 0 Å². The fraction of sp³-hybridized carbons (Fsp3) is 0.500. The van der Waals surface area contributed by atoms with E-state index in [0.717, 1.165) is 5.46 Å². The second-order valence-electron chi connectivity index (χ2n) is 5.39. The van der Waals surface area contributed by atoms with Gasteiger partial charge in [0.25, 0.3) is 0 Å². The summed E-state index contributed by atoms with van der Waals surface area (Å²) in [4.78, 5) is 0. The molecule has 0 N–H and O–H groups in total. The highest BCUT2D eigenvalue weighted by Gasteiger charge is 2.51. The van der Waals surface area contributed by atoms with Crippen LogP contribution in [0.2, 0.25) is 15.1 Å². The van der Waals surface area contributed by atoms with Crippen molar-refractivity contribution in [1.82, 2.24) is 0 Å². The van der Waals surface area contributed by atoms with E-state index < -0.39 is 18.3 Å². The van der Waals surface area contributed by atoms with Crippen molar-refractivity contribution < 1.29 is 9.31 Å². The van der Waals surface area contributed by atoms with Crippen LogP contribution in [0.25, 0.3) is 0 Å². The zero-order chi connectivity index (χ0) is 13.7. The summed E-state index contributed by atoms with van der Waals surface area (Å²) in [5, 5.41) is 1.14. The largest absolute Gasteiger partial charge is 0.494 e. The minimum absolute atomic E-state index is 0.346. The summed E-state index contributed by atoms with van der Waals surface area (Å²) in [5.41, 5.74) is -0.0139. The maximum Gasteiger partial charge on any atom is 0.494 e. The van der Waals surface area contributed by atoms with Crippen molar-refractivity contribution in [2.45, 2.75) is 38.9 Å². The number of hydrogen-bond acceptors (Lipinski definition) is 2. The van der Waals surface area contributed by atoms with E-state index >= 15 is 0 Å². The van der Waals surface area contributed by atoms with Crippen molar-refractivity contribution in [2.24, 2.45) is 0 Å². The van der Waals surface area contributed by atoms with Crippen molar-refractivity contribution in [3.8, 4) is 0 Å². The van der Waals surface area contributed by atoms with Crippen LogP contribution in [0.1, 0.15) is 27.7 Å². The van der Waals surface area contributed by atoms with Crippen molar-refractivity contribution in [3.63, 3.8) is 0 Å². The Hall–Kier alpha value is 0.0749. The van der Waals surface area contributed by atoms with Gasteiger partial charge in [-0.1, -0.05) is 34.8 Å². The third-order valence-electron chi connectivity index (χ3n) is 3.53. The first-order valence-electron chi connectivity index (χ1n) is 5.64. The monoisotopic (exact) mass is 306 g/mol. The van der Waals surface area contributed by atoms with Gasteiger partial charge in [0.1, 0.15) is 0 Å². The highest BCUT2D eigenvalue weighted by Crippen LogP contribution is 2.37. The Labute approximate surface area is 123 Å². The van der Waals surface area contributed by atoms with Gasteiger partial charge in [-0.05, 0) is 45.3 Å². The van der Waals surface area contributed by atoms with Gasteiger partial charge >= 0.3 is 7.12 Å². The normalized spacial score (nSPS) is 21.4. The molecule has 1 saturated heterocycles. The molecule has 2 nitrogen and oxygen atoms in total. The second kappa shape index (κ2) is 4.57. The molecule has 1 aliphatic heterocycles. The van der Waals surface area contributed by atoms with Gasteiger partial charge in [0.05, 0.1) is 26.3 Å². The average molecular weight is 307 g/mol. The van der Waals surface area contributed by atoms with Gasteiger partial charge in [-0.15, -0.1) is 0 Å². The standard InChI is InChI=1S/C12H14BCl3O2/c1-11(2)12(3,4)18-13(17-11)7-5-8(14)10(16)9(15)6-7/h5-6H,1-4H3. The lowest BCUT2D eigenvalue weighted by atomic mass is 9.79. The second-order valence-corrected chi connectivity index (χ2v) is 6.58. The zero-order valence-corrected chi connectivity index (χ0v) is 13.0. The molecule has 1 heterocycles. The lowest BCUT2D eigenvalue weighted by molar-refractivity contribution is 0.00578. The van der Waals surface area contributed by atoms with Gasteiger partial charge in [-0.25, -0.2) is 0 Å². The first-order valence-corrected chi connectivity index (χ1v) is 6.77. The molecule has 1 aliphatic rings. The summed E-state index contributed by atoms with van der Waals surface area (Å²) in [5.74, 6) is 0. The van der Waals surface area contributed by atoms with Crippen LogP contribution in [0.15, 0.2) is 12.1 Å². The molecule has 1 aromatic carbocycles. The third-order valence-corrected chi connectivity index (χ3v) is 4.73. The van der Waals surface area contributed by atoms with Crippen molar-refractivity contribution >= 4 is 47.4 Å². The Morgan fingerprint density at radius 3 is 1.67 bits per heavy atom. The molecular weight excluding hydrogens is 293 g/mol. The van der Waals surface area contributed by atoms with E-state index in [9.17, 15) is 0 Å². The quantitative estimate of drug-likeness (QED) is 0.578. The Bertz CT molecular complexity index is 449. The number of rotatable bonds is 1. The van der Waals surface area contributed by atoms with E-state index in [0.29, 0.717) is 15.1 Å². The number of hydrogen-bond donors (Lipinski definition) is 0. The average Bonchev–Trinajstić information content (AvgIpc) is 2.44. The van der Waals surface area contributed by atoms with Crippen LogP contribution in [0, 0.1) is 0 Å². The first kappa shape index (κ1) is 14.5. The van der Waals surface area contributed by atoms with Gasteiger partial charge in [-0.3, -0.25) is 0 Å². The highest BCUT2D eigenvalue weighted by molar-refractivity contribution is 6.63. The highest BCUT2D eigenvalue weighted by atomic mass is 35.5. The molecule has 98 valence electrons. The molecule has 0 radical (unpaired) electrons. The molecule has 0 spiro atoms. The van der Waals surface area contributed by atoms with Gasteiger partial charge in [0, 0.05) is 0 Å². The topological polar surface area (TPSA) is 18.5 Å². The Balaban J connectivity index is 2.36. The van der Waals surface area contributed by atoms with Crippen LogP contribution < -0.4 is 5.46 Å². The van der Waals surface area contributed by atoms with Crippen molar-refractivity contribution in [3.05, 3.63) is 27.2 Å². The summed E-state index contributed by atoms with van der Waals surface area (Å²) in [7, 11) is -0.484. The van der Waals surface area contributed by atoms with Gasteiger partial charge < -0.3 is 9.31 Å². The van der Waals surface area contributed by atoms with E-state index in [4.69, 9.17) is 44.1 Å². The molecule has 2 rings (SSSR count).